The molecule has 0 saturated carbocycles. The molecule has 4 heteroatoms. The van der Waals surface area contributed by atoms with Crippen LogP contribution in [-0.2, 0) is 4.74 Å². The zero-order chi connectivity index (χ0) is 14.5. The average molecular weight is 267 g/mol. The molecule has 0 aromatic heterocycles. The van der Waals surface area contributed by atoms with Gasteiger partial charge in [0.25, 0.3) is 0 Å². The Kier molecular flexibility index (Phi) is 6.25. The summed E-state index contributed by atoms with van der Waals surface area (Å²) in [6, 6.07) is 3.25. The molecule has 0 aromatic carbocycles. The zero-order valence-electron chi connectivity index (χ0n) is 13.1. The number of hydrogen-bond donors (Lipinski definition) is 1. The third-order valence-electron chi connectivity index (χ3n) is 3.81. The van der Waals surface area contributed by atoms with Gasteiger partial charge in [0.1, 0.15) is 5.54 Å². The summed E-state index contributed by atoms with van der Waals surface area (Å²) in [4.78, 5) is 2.48. The lowest BCUT2D eigenvalue weighted by atomic mass is 9.97. The van der Waals surface area contributed by atoms with Crippen molar-refractivity contribution >= 4 is 0 Å². The zero-order valence-corrected chi connectivity index (χ0v) is 13.1. The van der Waals surface area contributed by atoms with Crippen molar-refractivity contribution in [2.45, 2.75) is 71.2 Å². The van der Waals surface area contributed by atoms with Crippen LogP contribution in [0.15, 0.2) is 0 Å². The largest absolute Gasteiger partial charge is 0.376 e. The minimum atomic E-state index is -0.437. The lowest BCUT2D eigenvalue weighted by Gasteiger charge is -2.39. The molecule has 19 heavy (non-hydrogen) atoms. The molecule has 0 aliphatic carbocycles. The topological polar surface area (TPSA) is 48.3 Å². The Morgan fingerprint density at radius 1 is 1.53 bits per heavy atom. The van der Waals surface area contributed by atoms with E-state index < -0.39 is 5.54 Å². The Morgan fingerprint density at radius 3 is 2.74 bits per heavy atom. The van der Waals surface area contributed by atoms with Crippen molar-refractivity contribution in [2.24, 2.45) is 0 Å². The van der Waals surface area contributed by atoms with Gasteiger partial charge in [-0.1, -0.05) is 6.92 Å². The molecule has 1 rings (SSSR count). The van der Waals surface area contributed by atoms with Gasteiger partial charge in [-0.3, -0.25) is 10.2 Å². The smallest absolute Gasteiger partial charge is 0.105 e. The second-order valence-corrected chi connectivity index (χ2v) is 6.19. The van der Waals surface area contributed by atoms with Gasteiger partial charge in [-0.05, 0) is 40.5 Å². The number of rotatable bonds is 6. The van der Waals surface area contributed by atoms with Crippen LogP contribution in [0.5, 0.6) is 0 Å². The highest BCUT2D eigenvalue weighted by Gasteiger charge is 2.29. The second-order valence-electron chi connectivity index (χ2n) is 6.19. The van der Waals surface area contributed by atoms with Crippen LogP contribution in [-0.4, -0.2) is 48.3 Å². The SMILES string of the molecule is CCC1COC(C)CN1CCC(C)(C#N)NC(C)C. The van der Waals surface area contributed by atoms with Gasteiger partial charge in [-0.15, -0.1) is 0 Å². The number of hydrogen-bond acceptors (Lipinski definition) is 4. The number of nitriles is 1. The standard InChI is InChI=1S/C15H29N3O/c1-6-14-10-19-13(4)9-18(14)8-7-15(5,11-16)17-12(2)3/h12-14,17H,6-10H2,1-5H3. The molecule has 1 aliphatic heterocycles. The first-order valence-electron chi connectivity index (χ1n) is 7.44. The molecule has 1 heterocycles. The molecule has 1 aliphatic rings. The highest BCUT2D eigenvalue weighted by atomic mass is 16.5. The maximum Gasteiger partial charge on any atom is 0.105 e. The molecule has 1 saturated heterocycles. The van der Waals surface area contributed by atoms with Gasteiger partial charge in [-0.25, -0.2) is 0 Å². The van der Waals surface area contributed by atoms with Crippen molar-refractivity contribution in [2.75, 3.05) is 19.7 Å². The van der Waals surface area contributed by atoms with E-state index in [-0.39, 0.29) is 0 Å². The van der Waals surface area contributed by atoms with Gasteiger partial charge in [-0.2, -0.15) is 5.26 Å². The summed E-state index contributed by atoms with van der Waals surface area (Å²) in [5.41, 5.74) is -0.437. The molecular weight excluding hydrogens is 238 g/mol. The number of nitrogens with zero attached hydrogens (tertiary/aromatic N) is 2. The molecule has 110 valence electrons. The van der Waals surface area contributed by atoms with Gasteiger partial charge in [0.2, 0.25) is 0 Å². The normalized spacial score (nSPS) is 28.1. The summed E-state index contributed by atoms with van der Waals surface area (Å²) >= 11 is 0. The van der Waals surface area contributed by atoms with Gasteiger partial charge < -0.3 is 4.74 Å². The quantitative estimate of drug-likeness (QED) is 0.801. The van der Waals surface area contributed by atoms with Gasteiger partial charge in [0, 0.05) is 25.2 Å². The maximum absolute atomic E-state index is 9.38. The molecule has 3 unspecified atom stereocenters. The van der Waals surface area contributed by atoms with Crippen LogP contribution in [0.25, 0.3) is 0 Å². The number of morpholine rings is 1. The summed E-state index contributed by atoms with van der Waals surface area (Å²) in [5.74, 6) is 0. The van der Waals surface area contributed by atoms with E-state index >= 15 is 0 Å². The molecule has 0 bridgehead atoms. The average Bonchev–Trinajstić information content (AvgIpc) is 2.36. The fraction of sp³-hybridized carbons (Fsp3) is 0.933. The number of ether oxygens (including phenoxy) is 1. The molecule has 1 fully saturated rings. The molecule has 4 nitrogen and oxygen atoms in total. The van der Waals surface area contributed by atoms with Crippen LogP contribution in [0, 0.1) is 11.3 Å². The Labute approximate surface area is 118 Å². The maximum atomic E-state index is 9.38. The van der Waals surface area contributed by atoms with Crippen molar-refractivity contribution in [3.8, 4) is 6.07 Å². The van der Waals surface area contributed by atoms with E-state index in [2.05, 4.69) is 44.0 Å². The molecule has 1 N–H and O–H groups in total. The summed E-state index contributed by atoms with van der Waals surface area (Å²) in [5, 5.41) is 12.8. The monoisotopic (exact) mass is 267 g/mol. The lowest BCUT2D eigenvalue weighted by molar-refractivity contribution is -0.0573. The minimum absolute atomic E-state index is 0.300. The predicted octanol–water partition coefficient (Wildman–Crippen LogP) is 2.16. The molecule has 0 radical (unpaired) electrons. The minimum Gasteiger partial charge on any atom is -0.376 e. The predicted molar refractivity (Wildman–Crippen MR) is 78.0 cm³/mol. The Morgan fingerprint density at radius 2 is 2.21 bits per heavy atom. The summed E-state index contributed by atoms with van der Waals surface area (Å²) in [6.07, 6.45) is 2.26. The van der Waals surface area contributed by atoms with Crippen LogP contribution in [0.4, 0.5) is 0 Å². The van der Waals surface area contributed by atoms with Crippen LogP contribution >= 0.6 is 0 Å². The fourth-order valence-electron chi connectivity index (χ4n) is 2.73. The Bertz CT molecular complexity index is 313. The first kappa shape index (κ1) is 16.4. The summed E-state index contributed by atoms with van der Waals surface area (Å²) < 4.78 is 5.71. The van der Waals surface area contributed by atoms with Crippen molar-refractivity contribution in [1.29, 1.82) is 5.26 Å². The van der Waals surface area contributed by atoms with Crippen LogP contribution in [0.1, 0.15) is 47.5 Å². The first-order chi connectivity index (χ1) is 8.90. The lowest BCUT2D eigenvalue weighted by Crippen LogP contribution is -2.52. The van der Waals surface area contributed by atoms with E-state index in [1.807, 2.05) is 6.92 Å². The van der Waals surface area contributed by atoms with Crippen molar-refractivity contribution < 1.29 is 4.74 Å². The second kappa shape index (κ2) is 7.23. The Hall–Kier alpha value is -0.630. The molecule has 0 spiro atoms. The molecule has 0 amide bonds. The highest BCUT2D eigenvalue weighted by Crippen LogP contribution is 2.18. The summed E-state index contributed by atoms with van der Waals surface area (Å²) in [6.45, 7) is 13.2. The van der Waals surface area contributed by atoms with Crippen molar-refractivity contribution in [1.82, 2.24) is 10.2 Å². The van der Waals surface area contributed by atoms with E-state index in [4.69, 9.17) is 4.74 Å². The van der Waals surface area contributed by atoms with Crippen molar-refractivity contribution in [3.63, 3.8) is 0 Å². The third-order valence-corrected chi connectivity index (χ3v) is 3.81. The van der Waals surface area contributed by atoms with Crippen LogP contribution in [0.2, 0.25) is 0 Å². The van der Waals surface area contributed by atoms with E-state index in [0.717, 1.165) is 32.5 Å². The van der Waals surface area contributed by atoms with E-state index in [0.29, 0.717) is 18.2 Å². The fourth-order valence-corrected chi connectivity index (χ4v) is 2.73. The van der Waals surface area contributed by atoms with Crippen LogP contribution < -0.4 is 5.32 Å². The molecule has 3 atom stereocenters. The third kappa shape index (κ3) is 5.10. The van der Waals surface area contributed by atoms with E-state index in [9.17, 15) is 5.26 Å². The van der Waals surface area contributed by atoms with E-state index in [1.54, 1.807) is 0 Å². The van der Waals surface area contributed by atoms with Gasteiger partial charge in [0.15, 0.2) is 0 Å². The first-order valence-corrected chi connectivity index (χ1v) is 7.44. The van der Waals surface area contributed by atoms with Crippen LogP contribution in [0.3, 0.4) is 0 Å². The number of nitrogens with one attached hydrogen (secondary N) is 1. The van der Waals surface area contributed by atoms with E-state index in [1.165, 1.54) is 0 Å². The van der Waals surface area contributed by atoms with Gasteiger partial charge >= 0.3 is 0 Å². The Balaban J connectivity index is 2.55. The highest BCUT2D eigenvalue weighted by molar-refractivity contribution is 5.05. The van der Waals surface area contributed by atoms with Gasteiger partial charge in [0.05, 0.1) is 18.8 Å². The molecular formula is C15H29N3O. The molecule has 0 aromatic rings. The van der Waals surface area contributed by atoms with Crippen molar-refractivity contribution in [3.05, 3.63) is 0 Å². The summed E-state index contributed by atoms with van der Waals surface area (Å²) in [7, 11) is 0.